The Bertz CT molecular complexity index is 1320. The molecule has 2 aromatic carbocycles. The van der Waals surface area contributed by atoms with Crippen molar-refractivity contribution >= 4 is 17.6 Å². The number of nitrogens with zero attached hydrogens (tertiary/aromatic N) is 2. The lowest BCUT2D eigenvalue weighted by atomic mass is 9.85. The number of nitrogens with one attached hydrogen (secondary N) is 1. The van der Waals surface area contributed by atoms with Gasteiger partial charge in [-0.1, -0.05) is 6.92 Å². The summed E-state index contributed by atoms with van der Waals surface area (Å²) in [5, 5.41) is 12.0. The van der Waals surface area contributed by atoms with E-state index in [1.807, 2.05) is 6.92 Å². The summed E-state index contributed by atoms with van der Waals surface area (Å²) in [6.07, 6.45) is -1.11. The summed E-state index contributed by atoms with van der Waals surface area (Å²) in [7, 11) is 0. The number of carbonyl (C=O) groups excluding carboxylic acids is 1. The summed E-state index contributed by atoms with van der Waals surface area (Å²) < 4.78 is 73.4. The zero-order chi connectivity index (χ0) is 30.2. The minimum Gasteiger partial charge on any atom is -0.478 e. The van der Waals surface area contributed by atoms with Crippen LogP contribution in [0.4, 0.5) is 27.6 Å². The number of carboxylic acid groups (broad SMARTS) is 1. The molecular weight excluding hydrogens is 561 g/mol. The maximum atomic E-state index is 14.0. The van der Waals surface area contributed by atoms with Gasteiger partial charge in [-0.2, -0.15) is 13.2 Å². The largest absolute Gasteiger partial charge is 0.478 e. The first-order valence-corrected chi connectivity index (χ1v) is 14.2. The predicted molar refractivity (Wildman–Crippen MR) is 144 cm³/mol. The molecule has 2 aliphatic heterocycles. The van der Waals surface area contributed by atoms with Crippen molar-refractivity contribution < 1.29 is 41.4 Å². The van der Waals surface area contributed by atoms with Crippen LogP contribution in [-0.4, -0.2) is 65.8 Å². The predicted octanol–water partition coefficient (Wildman–Crippen LogP) is 5.23. The summed E-state index contributed by atoms with van der Waals surface area (Å²) in [5.41, 5.74) is -1.85. The molecule has 1 amide bonds. The lowest BCUT2D eigenvalue weighted by Crippen LogP contribution is -2.61. The highest BCUT2D eigenvalue weighted by Gasteiger charge is 2.54. The number of benzene rings is 2. The zero-order valence-electron chi connectivity index (χ0n) is 23.2. The quantitative estimate of drug-likeness (QED) is 0.407. The van der Waals surface area contributed by atoms with Crippen LogP contribution in [0.15, 0.2) is 36.4 Å². The second-order valence-corrected chi connectivity index (χ2v) is 11.4. The molecule has 2 aromatic rings. The molecule has 12 heteroatoms. The molecule has 0 bridgehead atoms. The number of hydrogen-bond acceptors (Lipinski definition) is 5. The van der Waals surface area contributed by atoms with Crippen molar-refractivity contribution in [1.82, 2.24) is 10.2 Å². The van der Waals surface area contributed by atoms with Gasteiger partial charge in [0.1, 0.15) is 17.2 Å². The highest BCUT2D eigenvalue weighted by Crippen LogP contribution is 2.47. The molecular formula is C30H34F5N3O4. The van der Waals surface area contributed by atoms with Gasteiger partial charge in [-0.15, -0.1) is 0 Å². The van der Waals surface area contributed by atoms with Gasteiger partial charge < -0.3 is 20.1 Å². The molecule has 0 unspecified atom stereocenters. The summed E-state index contributed by atoms with van der Waals surface area (Å²) in [6.45, 7) is 4.09. The summed E-state index contributed by atoms with van der Waals surface area (Å²) in [6, 6.07) is 6.52. The Balaban J connectivity index is 1.21. The van der Waals surface area contributed by atoms with E-state index in [2.05, 4.69) is 15.1 Å². The molecule has 3 fully saturated rings. The Labute approximate surface area is 240 Å². The number of anilines is 1. The smallest absolute Gasteiger partial charge is 0.416 e. The molecule has 5 rings (SSSR count). The molecule has 0 spiro atoms. The number of aromatic carboxylic acids is 1. The molecule has 1 aliphatic carbocycles. The second kappa shape index (κ2) is 11.8. The Morgan fingerprint density at radius 3 is 2.48 bits per heavy atom. The van der Waals surface area contributed by atoms with Crippen LogP contribution >= 0.6 is 0 Å². The number of carboxylic acids is 1. The van der Waals surface area contributed by atoms with E-state index in [9.17, 15) is 36.6 Å². The Hall–Kier alpha value is -3.25. The molecule has 228 valence electrons. The van der Waals surface area contributed by atoms with E-state index in [4.69, 9.17) is 4.74 Å². The third-order valence-electron chi connectivity index (χ3n) is 8.76. The van der Waals surface area contributed by atoms with Crippen LogP contribution in [0.1, 0.15) is 60.5 Å². The monoisotopic (exact) mass is 595 g/mol. The molecule has 42 heavy (non-hydrogen) atoms. The van der Waals surface area contributed by atoms with Crippen molar-refractivity contribution in [2.24, 2.45) is 5.92 Å². The minimum absolute atomic E-state index is 0.0235. The molecule has 0 radical (unpaired) electrons. The van der Waals surface area contributed by atoms with Crippen LogP contribution in [0.2, 0.25) is 0 Å². The summed E-state index contributed by atoms with van der Waals surface area (Å²) in [4.78, 5) is 29.2. The number of halogens is 5. The molecule has 1 saturated carbocycles. The van der Waals surface area contributed by atoms with Crippen LogP contribution in [0.25, 0.3) is 0 Å². The van der Waals surface area contributed by atoms with Gasteiger partial charge in [0.15, 0.2) is 0 Å². The van der Waals surface area contributed by atoms with E-state index < -0.39 is 34.9 Å². The van der Waals surface area contributed by atoms with E-state index in [1.54, 1.807) is 6.07 Å². The molecule has 2 heterocycles. The van der Waals surface area contributed by atoms with Crippen molar-refractivity contribution in [3.63, 3.8) is 0 Å². The van der Waals surface area contributed by atoms with E-state index in [0.717, 1.165) is 31.4 Å². The van der Waals surface area contributed by atoms with Crippen LogP contribution < -0.4 is 10.2 Å². The summed E-state index contributed by atoms with van der Waals surface area (Å²) >= 11 is 0. The average Bonchev–Trinajstić information content (AvgIpc) is 3.81. The number of alkyl halides is 3. The van der Waals surface area contributed by atoms with Crippen molar-refractivity contribution in [3.8, 4) is 0 Å². The molecule has 2 N–H and O–H groups in total. The fourth-order valence-corrected chi connectivity index (χ4v) is 6.31. The van der Waals surface area contributed by atoms with Gasteiger partial charge in [-0.25, -0.2) is 13.6 Å². The third kappa shape index (κ3) is 6.24. The number of carbonyl (C=O) groups is 2. The molecule has 7 nitrogen and oxygen atoms in total. The van der Waals surface area contributed by atoms with Crippen molar-refractivity contribution in [2.45, 2.75) is 69.4 Å². The third-order valence-corrected chi connectivity index (χ3v) is 8.76. The van der Waals surface area contributed by atoms with Crippen LogP contribution in [0, 0.1) is 17.6 Å². The standard InChI is InChI=1S/C30H34F5N3O4/c1-2-22-16-37(9-10-38(22)23-5-6-26(32)25(14-23)27(39)40)24-7-8-29(42-17-24,19-3-4-19)28(41)36-15-18-11-20(30(33,34)35)13-21(31)12-18/h5-6,11-14,19,22,24H,2-4,7-10,15-17H2,1H3,(H,36,41)(H,39,40)/t22-,24+,29-/m0/s1. The van der Waals surface area contributed by atoms with E-state index in [-0.39, 0.29) is 41.6 Å². The SMILES string of the molecule is CC[C@H]1CN([C@@H]2CC[C@@](C(=O)NCc3cc(F)cc(C(F)(F)F)c3)(C3CC3)OC2)CCN1c1ccc(F)c(C(=O)O)c1. The summed E-state index contributed by atoms with van der Waals surface area (Å²) in [5.74, 6) is -3.47. The van der Waals surface area contributed by atoms with Crippen LogP contribution in [0.3, 0.4) is 0 Å². The highest BCUT2D eigenvalue weighted by atomic mass is 19.4. The molecule has 3 atom stereocenters. The van der Waals surface area contributed by atoms with Gasteiger partial charge in [0.05, 0.1) is 17.7 Å². The molecule has 2 saturated heterocycles. The Morgan fingerprint density at radius 2 is 1.86 bits per heavy atom. The van der Waals surface area contributed by atoms with E-state index >= 15 is 0 Å². The number of rotatable bonds is 8. The van der Waals surface area contributed by atoms with Crippen molar-refractivity contribution in [1.29, 1.82) is 0 Å². The van der Waals surface area contributed by atoms with Gasteiger partial charge in [0.25, 0.3) is 5.91 Å². The average molecular weight is 596 g/mol. The lowest BCUT2D eigenvalue weighted by Gasteiger charge is -2.48. The number of ether oxygens (including phenoxy) is 1. The number of hydrogen-bond donors (Lipinski definition) is 2. The zero-order valence-corrected chi connectivity index (χ0v) is 23.2. The maximum absolute atomic E-state index is 14.0. The van der Waals surface area contributed by atoms with Gasteiger partial charge in [-0.05, 0) is 80.0 Å². The minimum atomic E-state index is -4.69. The first-order chi connectivity index (χ1) is 19.9. The van der Waals surface area contributed by atoms with E-state index in [0.29, 0.717) is 50.8 Å². The second-order valence-electron chi connectivity index (χ2n) is 11.4. The topological polar surface area (TPSA) is 82.1 Å². The first-order valence-electron chi connectivity index (χ1n) is 14.2. The maximum Gasteiger partial charge on any atom is 0.416 e. The number of piperazine rings is 1. The van der Waals surface area contributed by atoms with E-state index in [1.165, 1.54) is 12.1 Å². The van der Waals surface area contributed by atoms with Crippen molar-refractivity contribution in [2.75, 3.05) is 31.1 Å². The molecule has 3 aliphatic rings. The van der Waals surface area contributed by atoms with Gasteiger partial charge >= 0.3 is 12.1 Å². The Kier molecular flexibility index (Phi) is 8.48. The van der Waals surface area contributed by atoms with Gasteiger partial charge in [0.2, 0.25) is 0 Å². The van der Waals surface area contributed by atoms with Crippen LogP contribution in [0.5, 0.6) is 0 Å². The van der Waals surface area contributed by atoms with Gasteiger partial charge in [0, 0.05) is 44.0 Å². The highest BCUT2D eigenvalue weighted by molar-refractivity contribution is 5.89. The van der Waals surface area contributed by atoms with Gasteiger partial charge in [-0.3, -0.25) is 9.69 Å². The first kappa shape index (κ1) is 30.2. The number of amides is 1. The normalized spacial score (nSPS) is 25.3. The Morgan fingerprint density at radius 1 is 1.10 bits per heavy atom. The van der Waals surface area contributed by atoms with Crippen molar-refractivity contribution in [3.05, 3.63) is 64.7 Å². The fraction of sp³-hybridized carbons (Fsp3) is 0.533. The molecule has 0 aromatic heterocycles. The fourth-order valence-electron chi connectivity index (χ4n) is 6.31. The lowest BCUT2D eigenvalue weighted by molar-refractivity contribution is -0.165. The van der Waals surface area contributed by atoms with Crippen LogP contribution in [-0.2, 0) is 22.3 Å².